The maximum absolute atomic E-state index is 12.1. The molecule has 0 bridgehead atoms. The molecule has 4 unspecified atom stereocenters. The molecule has 0 aromatic heterocycles. The Hall–Kier alpha value is 1.62. The summed E-state index contributed by atoms with van der Waals surface area (Å²) >= 11 is 1.59. The number of hydrogen-bond donors (Lipinski definition) is 1. The molecule has 1 rings (SSSR count). The molecule has 1 aliphatic rings. The van der Waals surface area contributed by atoms with Gasteiger partial charge in [-0.15, -0.1) is 0 Å². The van der Waals surface area contributed by atoms with E-state index in [0.29, 0.717) is 0 Å². The zero-order chi connectivity index (χ0) is 21.1. The van der Waals surface area contributed by atoms with E-state index in [1.807, 2.05) is 0 Å². The molecule has 0 aliphatic carbocycles. The van der Waals surface area contributed by atoms with Gasteiger partial charge >= 0.3 is 155 Å². The molecule has 0 spiro atoms. The molecule has 0 saturated carbocycles. The van der Waals surface area contributed by atoms with Gasteiger partial charge in [-0.2, -0.15) is 0 Å². The minimum absolute atomic E-state index is 0.246. The van der Waals surface area contributed by atoms with Gasteiger partial charge in [0.25, 0.3) is 0 Å². The van der Waals surface area contributed by atoms with Gasteiger partial charge < -0.3 is 9.79 Å². The minimum atomic E-state index is -5.88. The summed E-state index contributed by atoms with van der Waals surface area (Å²) in [5, 5.41) is 0. The van der Waals surface area contributed by atoms with Crippen LogP contribution in [-0.4, -0.2) is 37.6 Å². The van der Waals surface area contributed by atoms with Gasteiger partial charge in [0, 0.05) is 0 Å². The normalized spacial score (nSPS) is 32.3. The molecule has 14 nitrogen and oxygen atoms in total. The predicted molar refractivity (Wildman–Crippen MR) is 73.5 cm³/mol. The van der Waals surface area contributed by atoms with E-state index >= 15 is 0 Å². The molecule has 1 N–H and O–H groups in total. The Morgan fingerprint density at radius 2 is 1.81 bits per heavy atom. The van der Waals surface area contributed by atoms with Crippen molar-refractivity contribution in [2.75, 3.05) is 6.61 Å². The van der Waals surface area contributed by atoms with Crippen LogP contribution < -0.4 is 41.8 Å². The van der Waals surface area contributed by atoms with Crippen molar-refractivity contribution in [2.45, 2.75) is 24.6 Å². The average Bonchev–Trinajstić information content (AvgIpc) is 2.71. The standard InChI is InChI=1S/C5H12BFIO14P4S/c6-5-1-3(19-24(12,13)20-8-7)4(18-5)2-17-26(16,27)22-25(14,15)21-23(9,10)11/h3-5H,1-2H2,(H,12,13)(H,14,15)(H,16,27)(H2,9,10,11)/q-1/p-4/t3-,4+,5+,26?/m0/s1. The first-order valence-corrected chi connectivity index (χ1v) is 14.8. The number of hydrogen-bond acceptors (Lipinski definition) is 14. The third kappa shape index (κ3) is 11.0. The molecule has 0 amide bonds. The Labute approximate surface area is 169 Å². The SMILES string of the molecule is [B][C@H]1C[C@H](OP(=O)([O-])O[I-]F)[C@@H](COP([O-])(=S)OP(=O)([O-])OP(=O)([O-])O)O1. The second kappa shape index (κ2) is 10.3. The van der Waals surface area contributed by atoms with Crippen LogP contribution in [0.1, 0.15) is 6.42 Å². The summed E-state index contributed by atoms with van der Waals surface area (Å²) in [5.74, 6) is 0. The van der Waals surface area contributed by atoms with Gasteiger partial charge in [-0.25, -0.2) is 0 Å². The summed E-state index contributed by atoms with van der Waals surface area (Å²) in [7, 11) is -11.3. The topological polar surface area (TPSA) is 219 Å². The molecular weight excluding hydrogens is 597 g/mol. The quantitative estimate of drug-likeness (QED) is 0.132. The molecule has 22 heteroatoms. The fourth-order valence-corrected chi connectivity index (χ4v) is 6.96. The second-order valence-electron chi connectivity index (χ2n) is 4.49. The van der Waals surface area contributed by atoms with E-state index in [2.05, 4.69) is 32.3 Å². The zero-order valence-electron chi connectivity index (χ0n) is 12.4. The Kier molecular flexibility index (Phi) is 10.2. The predicted octanol–water partition coefficient (Wildman–Crippen LogP) is -5.41. The Morgan fingerprint density at radius 3 is 2.33 bits per heavy atom. The van der Waals surface area contributed by atoms with Crippen molar-refractivity contribution in [1.29, 1.82) is 0 Å². The van der Waals surface area contributed by atoms with Crippen molar-refractivity contribution >= 4 is 49.8 Å². The van der Waals surface area contributed by atoms with Gasteiger partial charge in [0.15, 0.2) is 0 Å². The van der Waals surface area contributed by atoms with Crippen LogP contribution in [0.3, 0.4) is 0 Å². The van der Waals surface area contributed by atoms with E-state index in [1.165, 1.54) is 0 Å². The number of halogens is 2. The van der Waals surface area contributed by atoms with Gasteiger partial charge in [-0.3, -0.25) is 4.57 Å². The van der Waals surface area contributed by atoms with Crippen molar-refractivity contribution in [2.24, 2.45) is 0 Å². The van der Waals surface area contributed by atoms with Crippen LogP contribution in [-0.2, 0) is 50.8 Å². The number of rotatable bonds is 11. The number of phosphoric acid groups is 3. The van der Waals surface area contributed by atoms with Crippen LogP contribution in [0.15, 0.2) is 0 Å². The molecule has 2 radical (unpaired) electrons. The van der Waals surface area contributed by atoms with Gasteiger partial charge in [-0.05, 0) is 0 Å². The fourth-order valence-electron chi connectivity index (χ4n) is 1.67. The Morgan fingerprint density at radius 1 is 1.22 bits per heavy atom. The summed E-state index contributed by atoms with van der Waals surface area (Å²) in [4.78, 5) is 52.9. The third-order valence-electron chi connectivity index (χ3n) is 2.40. The first kappa shape index (κ1) is 26.7. The van der Waals surface area contributed by atoms with Crippen LogP contribution in [0.4, 0.5) is 2.86 Å². The van der Waals surface area contributed by atoms with Crippen LogP contribution in [0.25, 0.3) is 0 Å². The van der Waals surface area contributed by atoms with Gasteiger partial charge in [-0.1, -0.05) is 0 Å². The zero-order valence-corrected chi connectivity index (χ0v) is 19.0. The Bertz CT molecular complexity index is 705. The second-order valence-corrected chi connectivity index (χ2v) is 12.9. The van der Waals surface area contributed by atoms with Crippen LogP contribution >= 0.6 is 30.2 Å². The molecular formula is C5H8BFIO14P4S-5. The molecule has 27 heavy (non-hydrogen) atoms. The van der Waals surface area contributed by atoms with E-state index in [9.17, 15) is 36.1 Å². The summed E-state index contributed by atoms with van der Waals surface area (Å²) in [5.41, 5.74) is 0. The molecule has 7 atom stereocenters. The molecule has 1 aliphatic heterocycles. The molecule has 1 saturated heterocycles. The molecule has 1 fully saturated rings. The first-order valence-electron chi connectivity index (χ1n) is 6.12. The van der Waals surface area contributed by atoms with Gasteiger partial charge in [0.05, 0.1) is 0 Å². The summed E-state index contributed by atoms with van der Waals surface area (Å²) in [6.45, 7) is -5.85. The maximum atomic E-state index is 12.1. The molecule has 160 valence electrons. The van der Waals surface area contributed by atoms with E-state index in [4.69, 9.17) is 17.5 Å². The van der Waals surface area contributed by atoms with Gasteiger partial charge in [0.2, 0.25) is 0 Å². The van der Waals surface area contributed by atoms with Crippen LogP contribution in [0.2, 0.25) is 0 Å². The van der Waals surface area contributed by atoms with E-state index in [-0.39, 0.29) is 6.42 Å². The summed E-state index contributed by atoms with van der Waals surface area (Å²) < 4.78 is 69.7. The number of phosphoric ester groups is 1. The van der Waals surface area contributed by atoms with Crippen molar-refractivity contribution in [1.82, 2.24) is 0 Å². The van der Waals surface area contributed by atoms with Crippen molar-refractivity contribution in [3.05, 3.63) is 0 Å². The van der Waals surface area contributed by atoms with Crippen molar-refractivity contribution in [3.63, 3.8) is 0 Å². The van der Waals surface area contributed by atoms with Gasteiger partial charge in [0.1, 0.15) is 0 Å². The molecule has 1 heterocycles. The number of ether oxygens (including phenoxy) is 1. The van der Waals surface area contributed by atoms with E-state index < -0.39 is 77.2 Å². The van der Waals surface area contributed by atoms with E-state index in [0.717, 1.165) is 0 Å². The molecule has 0 aromatic carbocycles. The first-order chi connectivity index (χ1) is 12.0. The van der Waals surface area contributed by atoms with E-state index in [1.54, 1.807) is 0 Å². The third-order valence-corrected chi connectivity index (χ3v) is 9.66. The summed E-state index contributed by atoms with van der Waals surface area (Å²) in [6.07, 6.45) is -3.01. The fraction of sp³-hybridized carbons (Fsp3) is 1.00. The monoisotopic (exact) mass is 605 g/mol. The van der Waals surface area contributed by atoms with Crippen molar-refractivity contribution in [3.8, 4) is 0 Å². The summed E-state index contributed by atoms with van der Waals surface area (Å²) in [6, 6.07) is -1.08. The average molecular weight is 605 g/mol. The molecule has 0 aromatic rings. The van der Waals surface area contributed by atoms with Crippen molar-refractivity contribution < 1.29 is 88.5 Å². The Balaban J connectivity index is 2.70. The van der Waals surface area contributed by atoms with Crippen LogP contribution in [0, 0.1) is 0 Å². The van der Waals surface area contributed by atoms with Crippen LogP contribution in [0.5, 0.6) is 0 Å².